The first-order valence-electron chi connectivity index (χ1n) is 10.1. The Balaban J connectivity index is 1.96. The highest BCUT2D eigenvalue weighted by Crippen LogP contribution is 2.17. The molecule has 1 atom stereocenters. The summed E-state index contributed by atoms with van der Waals surface area (Å²) < 4.78 is 44.3. The lowest BCUT2D eigenvalue weighted by molar-refractivity contribution is -0.144. The Bertz CT molecular complexity index is 1040. The zero-order chi connectivity index (χ0) is 23.9. The average molecular weight is 467 g/mol. The monoisotopic (exact) mass is 466 g/mol. The molecule has 0 saturated heterocycles. The maximum atomic E-state index is 12.6. The van der Waals surface area contributed by atoms with Crippen molar-refractivity contribution < 1.29 is 32.2 Å². The predicted octanol–water partition coefficient (Wildman–Crippen LogP) is 2.24. The van der Waals surface area contributed by atoms with E-state index in [1.165, 1.54) is 38.3 Å². The smallest absolute Gasteiger partial charge is 0.324 e. The van der Waals surface area contributed by atoms with Crippen LogP contribution >= 0.6 is 0 Å². The van der Waals surface area contributed by atoms with Gasteiger partial charge in [0.25, 0.3) is 0 Å². The Hall–Kier alpha value is -2.69. The van der Waals surface area contributed by atoms with E-state index in [1.54, 1.807) is 13.2 Å². The number of rotatable bonds is 12. The third-order valence-corrected chi connectivity index (χ3v) is 6.56. The molecule has 0 unspecified atom stereocenters. The van der Waals surface area contributed by atoms with Gasteiger partial charge in [-0.15, -0.1) is 0 Å². The average Bonchev–Trinajstić information content (AvgIpc) is 3.05. The summed E-state index contributed by atoms with van der Waals surface area (Å²) in [6, 6.07) is 6.32. The van der Waals surface area contributed by atoms with Crippen LogP contribution in [-0.2, 0) is 30.8 Å². The molecule has 9 nitrogen and oxygen atoms in total. The molecule has 0 aliphatic heterocycles. The Morgan fingerprint density at radius 1 is 1.12 bits per heavy atom. The number of nitrogens with zero attached hydrogens (tertiary/aromatic N) is 1. The summed E-state index contributed by atoms with van der Waals surface area (Å²) in [5.74, 6) is -0.688. The van der Waals surface area contributed by atoms with Crippen LogP contribution < -0.4 is 9.46 Å². The minimum Gasteiger partial charge on any atom is -0.497 e. The van der Waals surface area contributed by atoms with Crippen LogP contribution in [0.1, 0.15) is 35.1 Å². The van der Waals surface area contributed by atoms with Gasteiger partial charge >= 0.3 is 5.97 Å². The number of hydrogen-bond acceptors (Lipinski definition) is 7. The molecule has 0 fully saturated rings. The van der Waals surface area contributed by atoms with Crippen LogP contribution in [0.5, 0.6) is 5.75 Å². The first kappa shape index (κ1) is 25.6. The Kier molecular flexibility index (Phi) is 8.99. The fourth-order valence-corrected chi connectivity index (χ4v) is 4.43. The lowest BCUT2D eigenvalue weighted by atomic mass is 10.1. The molecule has 32 heavy (non-hydrogen) atoms. The van der Waals surface area contributed by atoms with E-state index >= 15 is 0 Å². The molecule has 176 valence electrons. The zero-order valence-electron chi connectivity index (χ0n) is 19.0. The van der Waals surface area contributed by atoms with Gasteiger partial charge in [-0.3, -0.25) is 9.59 Å². The van der Waals surface area contributed by atoms with Gasteiger partial charge in [0.2, 0.25) is 15.8 Å². The zero-order valence-corrected chi connectivity index (χ0v) is 19.8. The number of sulfonamides is 1. The molecule has 1 heterocycles. The topological polar surface area (TPSA) is 113 Å². The molecule has 2 rings (SSSR count). The molecule has 1 N–H and O–H groups in total. The lowest BCUT2D eigenvalue weighted by Crippen LogP contribution is -2.40. The summed E-state index contributed by atoms with van der Waals surface area (Å²) in [6.45, 7) is 5.94. The minimum atomic E-state index is -3.95. The van der Waals surface area contributed by atoms with Gasteiger partial charge in [0, 0.05) is 37.2 Å². The summed E-state index contributed by atoms with van der Waals surface area (Å²) in [7, 11) is -0.837. The number of methoxy groups -OCH3 is 2. The fraction of sp³-hybridized carbons (Fsp3) is 0.455. The molecule has 2 aromatic rings. The van der Waals surface area contributed by atoms with E-state index in [2.05, 4.69) is 4.72 Å². The van der Waals surface area contributed by atoms with Gasteiger partial charge in [-0.1, -0.05) is 0 Å². The number of esters is 1. The van der Waals surface area contributed by atoms with Crippen molar-refractivity contribution in [3.05, 3.63) is 47.3 Å². The Morgan fingerprint density at radius 2 is 1.78 bits per heavy atom. The van der Waals surface area contributed by atoms with Crippen LogP contribution in [0.2, 0.25) is 0 Å². The van der Waals surface area contributed by atoms with Crippen molar-refractivity contribution in [1.82, 2.24) is 9.29 Å². The van der Waals surface area contributed by atoms with Crippen LogP contribution in [-0.4, -0.2) is 58.2 Å². The summed E-state index contributed by atoms with van der Waals surface area (Å²) in [5.41, 5.74) is 2.18. The minimum absolute atomic E-state index is 0.0186. The molecule has 0 radical (unpaired) electrons. The maximum Gasteiger partial charge on any atom is 0.324 e. The van der Waals surface area contributed by atoms with Crippen molar-refractivity contribution >= 4 is 21.8 Å². The van der Waals surface area contributed by atoms with Gasteiger partial charge in [-0.25, -0.2) is 8.42 Å². The molecule has 1 aromatic carbocycles. The van der Waals surface area contributed by atoms with Gasteiger partial charge in [0.1, 0.15) is 11.8 Å². The number of aryl methyl sites for hydroxylation is 1. The normalized spacial score (nSPS) is 12.4. The summed E-state index contributed by atoms with van der Waals surface area (Å²) >= 11 is 0. The van der Waals surface area contributed by atoms with Crippen LogP contribution in [0.3, 0.4) is 0 Å². The van der Waals surface area contributed by atoms with E-state index in [4.69, 9.17) is 14.2 Å². The number of ketones is 1. The lowest BCUT2D eigenvalue weighted by Gasteiger charge is -2.14. The van der Waals surface area contributed by atoms with Gasteiger partial charge < -0.3 is 18.8 Å². The summed E-state index contributed by atoms with van der Waals surface area (Å²) in [6.07, 6.45) is 0.807. The number of hydrogen-bond donors (Lipinski definition) is 1. The first-order valence-corrected chi connectivity index (χ1v) is 11.6. The third-order valence-electron chi connectivity index (χ3n) is 5.00. The second-order valence-electron chi connectivity index (χ2n) is 7.33. The summed E-state index contributed by atoms with van der Waals surface area (Å²) in [4.78, 5) is 24.9. The van der Waals surface area contributed by atoms with E-state index in [1.807, 2.05) is 18.4 Å². The largest absolute Gasteiger partial charge is 0.497 e. The fourth-order valence-electron chi connectivity index (χ4n) is 3.24. The van der Waals surface area contributed by atoms with E-state index < -0.39 is 28.6 Å². The van der Waals surface area contributed by atoms with Crippen molar-refractivity contribution in [1.29, 1.82) is 0 Å². The molecule has 0 aliphatic rings. The number of ether oxygens (including phenoxy) is 3. The Morgan fingerprint density at radius 3 is 2.38 bits per heavy atom. The number of carbonyl (C=O) groups excluding carboxylic acids is 2. The molecule has 1 aromatic heterocycles. The summed E-state index contributed by atoms with van der Waals surface area (Å²) in [5, 5.41) is 0. The number of Topliss-reactive ketones (excluding diaryl/α,β-unsaturated/α-hetero) is 1. The molecule has 0 bridgehead atoms. The molecule has 0 aliphatic carbocycles. The highest BCUT2D eigenvalue weighted by atomic mass is 32.2. The Labute approximate surface area is 188 Å². The van der Waals surface area contributed by atoms with E-state index in [9.17, 15) is 18.0 Å². The van der Waals surface area contributed by atoms with E-state index in [0.29, 0.717) is 24.5 Å². The predicted molar refractivity (Wildman–Crippen MR) is 118 cm³/mol. The van der Waals surface area contributed by atoms with Crippen molar-refractivity contribution in [2.45, 2.75) is 44.7 Å². The molecule has 10 heteroatoms. The standard InChI is InChI=1S/C22H30N2O7S/c1-15-13-20(17(3)24(15)11-6-12-29-4)21(25)14-31-22(26)16(2)23-32(27,28)19-9-7-18(30-5)8-10-19/h7-10,13,16,23H,6,11-12,14H2,1-5H3/t16-/m0/s1. The third kappa shape index (κ3) is 6.41. The molecular weight excluding hydrogens is 436 g/mol. The van der Waals surface area contributed by atoms with Crippen LogP contribution in [0, 0.1) is 13.8 Å². The number of aromatic nitrogens is 1. The molecule has 0 amide bonds. The number of benzene rings is 1. The van der Waals surface area contributed by atoms with Crippen LogP contribution in [0.25, 0.3) is 0 Å². The van der Waals surface area contributed by atoms with Crippen molar-refractivity contribution in [3.8, 4) is 5.75 Å². The van der Waals surface area contributed by atoms with Crippen molar-refractivity contribution in [3.63, 3.8) is 0 Å². The van der Waals surface area contributed by atoms with Gasteiger partial charge in [-0.05, 0) is 57.5 Å². The van der Waals surface area contributed by atoms with Crippen molar-refractivity contribution in [2.75, 3.05) is 27.4 Å². The second kappa shape index (κ2) is 11.3. The first-order chi connectivity index (χ1) is 15.1. The molecule has 0 spiro atoms. The highest BCUT2D eigenvalue weighted by Gasteiger charge is 2.24. The van der Waals surface area contributed by atoms with Crippen LogP contribution in [0.15, 0.2) is 35.2 Å². The van der Waals surface area contributed by atoms with Gasteiger partial charge in [0.05, 0.1) is 12.0 Å². The number of nitrogens with one attached hydrogen (secondary N) is 1. The van der Waals surface area contributed by atoms with Gasteiger partial charge in [-0.2, -0.15) is 4.72 Å². The second-order valence-corrected chi connectivity index (χ2v) is 9.05. The number of carbonyl (C=O) groups is 2. The van der Waals surface area contributed by atoms with Gasteiger partial charge in [0.15, 0.2) is 6.61 Å². The molecular formula is C22H30N2O7S. The maximum absolute atomic E-state index is 12.6. The van der Waals surface area contributed by atoms with E-state index in [0.717, 1.165) is 17.8 Å². The van der Waals surface area contributed by atoms with E-state index in [-0.39, 0.29) is 10.7 Å². The quantitative estimate of drug-likeness (QED) is 0.290. The van der Waals surface area contributed by atoms with Crippen LogP contribution in [0.4, 0.5) is 0 Å². The SMILES string of the molecule is COCCCn1c(C)cc(C(=O)COC(=O)[C@H](C)NS(=O)(=O)c2ccc(OC)cc2)c1C. The highest BCUT2D eigenvalue weighted by molar-refractivity contribution is 7.89. The van der Waals surface area contributed by atoms with Crippen molar-refractivity contribution in [2.24, 2.45) is 0 Å². The molecule has 0 saturated carbocycles.